The van der Waals surface area contributed by atoms with Gasteiger partial charge in [-0.05, 0) is 24.3 Å². The van der Waals surface area contributed by atoms with Crippen molar-refractivity contribution in [2.24, 2.45) is 5.73 Å². The van der Waals surface area contributed by atoms with E-state index in [0.29, 0.717) is 22.5 Å². The molecule has 0 saturated heterocycles. The SMILES string of the molecule is NC(=O)c1cccc(-c2cncc(C(=O)Nc3ccccc3)n2)c1. The van der Waals surface area contributed by atoms with Gasteiger partial charge in [-0.15, -0.1) is 0 Å². The number of anilines is 1. The molecule has 3 N–H and O–H groups in total. The fourth-order valence-electron chi connectivity index (χ4n) is 2.16. The second-order valence-corrected chi connectivity index (χ2v) is 5.05. The van der Waals surface area contributed by atoms with Gasteiger partial charge in [-0.1, -0.05) is 30.3 Å². The number of amides is 2. The quantitative estimate of drug-likeness (QED) is 0.772. The highest BCUT2D eigenvalue weighted by atomic mass is 16.2. The zero-order valence-corrected chi connectivity index (χ0v) is 12.6. The summed E-state index contributed by atoms with van der Waals surface area (Å²) in [6.45, 7) is 0. The summed E-state index contributed by atoms with van der Waals surface area (Å²) in [6, 6.07) is 15.8. The Morgan fingerprint density at radius 2 is 1.75 bits per heavy atom. The summed E-state index contributed by atoms with van der Waals surface area (Å²) in [5.74, 6) is -0.885. The van der Waals surface area contributed by atoms with Gasteiger partial charge >= 0.3 is 0 Å². The summed E-state index contributed by atoms with van der Waals surface area (Å²) in [4.78, 5) is 31.9. The summed E-state index contributed by atoms with van der Waals surface area (Å²) in [7, 11) is 0. The molecule has 3 rings (SSSR count). The van der Waals surface area contributed by atoms with Crippen LogP contribution in [0.5, 0.6) is 0 Å². The molecule has 2 amide bonds. The van der Waals surface area contributed by atoms with Gasteiger partial charge in [-0.3, -0.25) is 14.6 Å². The van der Waals surface area contributed by atoms with Crippen LogP contribution in [0.1, 0.15) is 20.8 Å². The third-order valence-corrected chi connectivity index (χ3v) is 3.34. The van der Waals surface area contributed by atoms with Gasteiger partial charge < -0.3 is 11.1 Å². The Morgan fingerprint density at radius 3 is 2.50 bits per heavy atom. The van der Waals surface area contributed by atoms with Gasteiger partial charge in [-0.25, -0.2) is 4.98 Å². The smallest absolute Gasteiger partial charge is 0.275 e. The zero-order valence-electron chi connectivity index (χ0n) is 12.6. The van der Waals surface area contributed by atoms with E-state index in [9.17, 15) is 9.59 Å². The molecule has 24 heavy (non-hydrogen) atoms. The van der Waals surface area contributed by atoms with Gasteiger partial charge in [0.2, 0.25) is 5.91 Å². The zero-order chi connectivity index (χ0) is 16.9. The summed E-state index contributed by atoms with van der Waals surface area (Å²) in [6.07, 6.45) is 2.92. The molecule has 2 aromatic carbocycles. The van der Waals surface area contributed by atoms with Crippen molar-refractivity contribution in [3.63, 3.8) is 0 Å². The third kappa shape index (κ3) is 3.44. The number of nitrogens with one attached hydrogen (secondary N) is 1. The lowest BCUT2D eigenvalue weighted by Gasteiger charge is -2.06. The van der Waals surface area contributed by atoms with Crippen LogP contribution in [-0.2, 0) is 0 Å². The molecule has 0 spiro atoms. The number of rotatable bonds is 4. The van der Waals surface area contributed by atoms with Crippen molar-refractivity contribution in [2.75, 3.05) is 5.32 Å². The van der Waals surface area contributed by atoms with Crippen LogP contribution in [-0.4, -0.2) is 21.8 Å². The van der Waals surface area contributed by atoms with E-state index in [2.05, 4.69) is 15.3 Å². The number of benzene rings is 2. The number of carbonyl (C=O) groups excluding carboxylic acids is 2. The van der Waals surface area contributed by atoms with E-state index in [1.807, 2.05) is 18.2 Å². The lowest BCUT2D eigenvalue weighted by atomic mass is 10.1. The van der Waals surface area contributed by atoms with Crippen LogP contribution >= 0.6 is 0 Å². The second-order valence-electron chi connectivity index (χ2n) is 5.05. The van der Waals surface area contributed by atoms with E-state index in [0.717, 1.165) is 0 Å². The molecular weight excluding hydrogens is 304 g/mol. The predicted molar refractivity (Wildman–Crippen MR) is 90.4 cm³/mol. The van der Waals surface area contributed by atoms with Crippen LogP contribution in [0, 0.1) is 0 Å². The van der Waals surface area contributed by atoms with Gasteiger partial charge in [0.15, 0.2) is 0 Å². The maximum atomic E-state index is 12.3. The van der Waals surface area contributed by atoms with Gasteiger partial charge in [0.1, 0.15) is 5.69 Å². The van der Waals surface area contributed by atoms with E-state index in [-0.39, 0.29) is 11.6 Å². The molecule has 0 atom stereocenters. The fourth-order valence-corrected chi connectivity index (χ4v) is 2.16. The lowest BCUT2D eigenvalue weighted by molar-refractivity contribution is 0.0997. The minimum Gasteiger partial charge on any atom is -0.366 e. The lowest BCUT2D eigenvalue weighted by Crippen LogP contribution is -2.14. The highest BCUT2D eigenvalue weighted by Gasteiger charge is 2.11. The van der Waals surface area contributed by atoms with E-state index in [1.165, 1.54) is 12.4 Å². The average molecular weight is 318 g/mol. The maximum absolute atomic E-state index is 12.3. The summed E-state index contributed by atoms with van der Waals surface area (Å²) in [5.41, 5.74) is 7.65. The van der Waals surface area contributed by atoms with E-state index in [4.69, 9.17) is 5.73 Å². The number of carbonyl (C=O) groups is 2. The summed E-state index contributed by atoms with van der Waals surface area (Å²) in [5, 5.41) is 2.75. The largest absolute Gasteiger partial charge is 0.366 e. The average Bonchev–Trinajstić information content (AvgIpc) is 2.63. The molecule has 0 aliphatic heterocycles. The van der Waals surface area contributed by atoms with Crippen molar-refractivity contribution in [2.45, 2.75) is 0 Å². The van der Waals surface area contributed by atoms with Crippen molar-refractivity contribution in [3.8, 4) is 11.3 Å². The van der Waals surface area contributed by atoms with Gasteiger partial charge in [-0.2, -0.15) is 0 Å². The minimum absolute atomic E-state index is 0.181. The molecule has 0 unspecified atom stereocenters. The Morgan fingerprint density at radius 1 is 0.958 bits per heavy atom. The standard InChI is InChI=1S/C18H14N4O2/c19-17(23)13-6-4-5-12(9-13)15-10-20-11-16(22-15)18(24)21-14-7-2-1-3-8-14/h1-11H,(H2,19,23)(H,21,24). The molecule has 0 aliphatic rings. The molecule has 6 heteroatoms. The molecule has 1 heterocycles. The van der Waals surface area contributed by atoms with Gasteiger partial charge in [0.25, 0.3) is 5.91 Å². The van der Waals surface area contributed by atoms with Crippen molar-refractivity contribution in [1.82, 2.24) is 9.97 Å². The predicted octanol–water partition coefficient (Wildman–Crippen LogP) is 2.49. The van der Waals surface area contributed by atoms with Crippen molar-refractivity contribution in [1.29, 1.82) is 0 Å². The van der Waals surface area contributed by atoms with E-state index in [1.54, 1.807) is 36.4 Å². The fraction of sp³-hybridized carbons (Fsp3) is 0. The van der Waals surface area contributed by atoms with Crippen LogP contribution in [0.2, 0.25) is 0 Å². The molecule has 6 nitrogen and oxygen atoms in total. The number of hydrogen-bond donors (Lipinski definition) is 2. The van der Waals surface area contributed by atoms with Gasteiger partial charge in [0, 0.05) is 16.8 Å². The number of nitrogens with two attached hydrogens (primary N) is 1. The van der Waals surface area contributed by atoms with Crippen LogP contribution in [0.15, 0.2) is 67.0 Å². The first-order chi connectivity index (χ1) is 11.6. The number of hydrogen-bond acceptors (Lipinski definition) is 4. The van der Waals surface area contributed by atoms with E-state index < -0.39 is 5.91 Å². The molecule has 0 bridgehead atoms. The molecule has 3 aromatic rings. The minimum atomic E-state index is -0.525. The third-order valence-electron chi connectivity index (χ3n) is 3.34. The van der Waals surface area contributed by atoms with Gasteiger partial charge in [0.05, 0.1) is 18.1 Å². The molecule has 0 saturated carbocycles. The first-order valence-corrected chi connectivity index (χ1v) is 7.22. The van der Waals surface area contributed by atoms with Crippen molar-refractivity contribution < 1.29 is 9.59 Å². The van der Waals surface area contributed by atoms with Crippen molar-refractivity contribution in [3.05, 3.63) is 78.2 Å². The maximum Gasteiger partial charge on any atom is 0.275 e. The van der Waals surface area contributed by atoms with E-state index >= 15 is 0 Å². The van der Waals surface area contributed by atoms with Crippen LogP contribution in [0.3, 0.4) is 0 Å². The topological polar surface area (TPSA) is 98.0 Å². The molecule has 1 aromatic heterocycles. The number of primary amides is 1. The normalized spacial score (nSPS) is 10.2. The summed E-state index contributed by atoms with van der Waals surface area (Å²) < 4.78 is 0. The Hall–Kier alpha value is -3.54. The van der Waals surface area contributed by atoms with Crippen LogP contribution < -0.4 is 11.1 Å². The Kier molecular flexibility index (Phi) is 4.29. The number of nitrogens with zero attached hydrogens (tertiary/aromatic N) is 2. The highest BCUT2D eigenvalue weighted by Crippen LogP contribution is 2.18. The molecule has 0 fully saturated rings. The monoisotopic (exact) mass is 318 g/mol. The van der Waals surface area contributed by atoms with Crippen LogP contribution in [0.4, 0.5) is 5.69 Å². The van der Waals surface area contributed by atoms with Crippen molar-refractivity contribution >= 4 is 17.5 Å². The Bertz CT molecular complexity index is 894. The first kappa shape index (κ1) is 15.4. The number of para-hydroxylation sites is 1. The first-order valence-electron chi connectivity index (χ1n) is 7.22. The highest BCUT2D eigenvalue weighted by molar-refractivity contribution is 6.03. The molecule has 0 radical (unpaired) electrons. The Labute approximate surface area is 138 Å². The number of aromatic nitrogens is 2. The van der Waals surface area contributed by atoms with Crippen LogP contribution in [0.25, 0.3) is 11.3 Å². The molecule has 118 valence electrons. The second kappa shape index (κ2) is 6.70. The molecular formula is C18H14N4O2. The summed E-state index contributed by atoms with van der Waals surface area (Å²) >= 11 is 0. The molecule has 0 aliphatic carbocycles. The Balaban J connectivity index is 1.88.